The summed E-state index contributed by atoms with van der Waals surface area (Å²) in [6, 6.07) is 8.00. The summed E-state index contributed by atoms with van der Waals surface area (Å²) in [5.74, 6) is 0.715. The van der Waals surface area contributed by atoms with E-state index < -0.39 is 0 Å². The molecule has 1 aromatic rings. The van der Waals surface area contributed by atoms with Crippen LogP contribution in [0.2, 0.25) is 0 Å². The van der Waals surface area contributed by atoms with Crippen molar-refractivity contribution in [3.05, 3.63) is 41.0 Å². The zero-order valence-corrected chi connectivity index (χ0v) is 11.6. The Morgan fingerprint density at radius 2 is 2.16 bits per heavy atom. The van der Waals surface area contributed by atoms with Gasteiger partial charge in [-0.05, 0) is 50.3 Å². The van der Waals surface area contributed by atoms with E-state index in [0.717, 1.165) is 37.0 Å². The van der Waals surface area contributed by atoms with Crippen molar-refractivity contribution >= 4 is 5.97 Å². The van der Waals surface area contributed by atoms with E-state index in [9.17, 15) is 4.79 Å². The highest BCUT2D eigenvalue weighted by atomic mass is 16.5. The van der Waals surface area contributed by atoms with Gasteiger partial charge in [0.1, 0.15) is 5.75 Å². The van der Waals surface area contributed by atoms with Crippen molar-refractivity contribution in [2.24, 2.45) is 0 Å². The molecule has 102 valence electrons. The fraction of sp³-hybridized carbons (Fsp3) is 0.438. The number of hydrogen-bond donors (Lipinski definition) is 0. The molecule has 2 rings (SSSR count). The summed E-state index contributed by atoms with van der Waals surface area (Å²) in [4.78, 5) is 11.9. The lowest BCUT2D eigenvalue weighted by Gasteiger charge is -2.08. The second-order valence-electron chi connectivity index (χ2n) is 4.68. The van der Waals surface area contributed by atoms with E-state index >= 15 is 0 Å². The van der Waals surface area contributed by atoms with Gasteiger partial charge in [-0.15, -0.1) is 0 Å². The molecule has 1 aliphatic rings. The van der Waals surface area contributed by atoms with E-state index in [1.165, 1.54) is 11.1 Å². The van der Waals surface area contributed by atoms with Gasteiger partial charge in [0, 0.05) is 5.57 Å². The zero-order chi connectivity index (χ0) is 13.7. The van der Waals surface area contributed by atoms with Gasteiger partial charge in [-0.1, -0.05) is 17.7 Å². The van der Waals surface area contributed by atoms with Crippen molar-refractivity contribution in [3.8, 4) is 5.75 Å². The smallest absolute Gasteiger partial charge is 0.333 e. The van der Waals surface area contributed by atoms with Crippen LogP contribution in [0.3, 0.4) is 0 Å². The van der Waals surface area contributed by atoms with Gasteiger partial charge in [0.25, 0.3) is 0 Å². The summed E-state index contributed by atoms with van der Waals surface area (Å²) in [7, 11) is 1.66. The monoisotopic (exact) mass is 260 g/mol. The van der Waals surface area contributed by atoms with E-state index in [4.69, 9.17) is 9.47 Å². The van der Waals surface area contributed by atoms with Crippen LogP contribution < -0.4 is 4.74 Å². The number of benzene rings is 1. The predicted molar refractivity (Wildman–Crippen MR) is 74.2 cm³/mol. The molecule has 0 spiro atoms. The highest BCUT2D eigenvalue weighted by Crippen LogP contribution is 2.30. The number of esters is 1. The molecule has 0 aromatic heterocycles. The minimum absolute atomic E-state index is 0.141. The van der Waals surface area contributed by atoms with Gasteiger partial charge >= 0.3 is 5.97 Å². The molecule has 3 heteroatoms. The fourth-order valence-corrected chi connectivity index (χ4v) is 2.49. The summed E-state index contributed by atoms with van der Waals surface area (Å²) in [5.41, 5.74) is 3.27. The first-order valence-electron chi connectivity index (χ1n) is 6.75. The molecular formula is C16H20O3. The van der Waals surface area contributed by atoms with Crippen LogP contribution in [0.25, 0.3) is 0 Å². The van der Waals surface area contributed by atoms with Crippen LogP contribution in [0.5, 0.6) is 5.75 Å². The number of methoxy groups -OCH3 is 1. The summed E-state index contributed by atoms with van der Waals surface area (Å²) in [6.45, 7) is 2.28. The summed E-state index contributed by atoms with van der Waals surface area (Å²) >= 11 is 0. The highest BCUT2D eigenvalue weighted by Gasteiger charge is 2.21. The molecule has 19 heavy (non-hydrogen) atoms. The third-order valence-electron chi connectivity index (χ3n) is 3.41. The molecule has 0 fully saturated rings. The lowest BCUT2D eigenvalue weighted by molar-refractivity contribution is -0.138. The highest BCUT2D eigenvalue weighted by molar-refractivity contribution is 5.90. The molecule has 0 heterocycles. The molecule has 0 bridgehead atoms. The van der Waals surface area contributed by atoms with Crippen molar-refractivity contribution < 1.29 is 14.3 Å². The standard InChI is InChI=1S/C16H20O3/c1-3-19-16(17)15-9-5-7-13(15)10-12-6-4-8-14(11-12)18-2/h4,6,8,11H,3,5,7,9-10H2,1-2H3. The maximum Gasteiger partial charge on any atom is 0.333 e. The Morgan fingerprint density at radius 1 is 1.32 bits per heavy atom. The van der Waals surface area contributed by atoms with Crippen molar-refractivity contribution in [3.63, 3.8) is 0 Å². The predicted octanol–water partition coefficient (Wildman–Crippen LogP) is 3.28. The molecule has 0 unspecified atom stereocenters. The van der Waals surface area contributed by atoms with Crippen LogP contribution in [-0.4, -0.2) is 19.7 Å². The van der Waals surface area contributed by atoms with Gasteiger partial charge < -0.3 is 9.47 Å². The molecular weight excluding hydrogens is 240 g/mol. The van der Waals surface area contributed by atoms with Crippen LogP contribution in [-0.2, 0) is 16.0 Å². The molecule has 1 aliphatic carbocycles. The Bertz CT molecular complexity index is 489. The van der Waals surface area contributed by atoms with Crippen LogP contribution in [0, 0.1) is 0 Å². The van der Waals surface area contributed by atoms with E-state index in [1.807, 2.05) is 25.1 Å². The zero-order valence-electron chi connectivity index (χ0n) is 11.6. The van der Waals surface area contributed by atoms with Gasteiger partial charge in [-0.2, -0.15) is 0 Å². The quantitative estimate of drug-likeness (QED) is 0.762. The van der Waals surface area contributed by atoms with Crippen LogP contribution in [0.4, 0.5) is 0 Å². The molecule has 0 radical (unpaired) electrons. The van der Waals surface area contributed by atoms with Crippen molar-refractivity contribution in [2.45, 2.75) is 32.6 Å². The molecule has 1 aromatic carbocycles. The minimum Gasteiger partial charge on any atom is -0.497 e. The van der Waals surface area contributed by atoms with Gasteiger partial charge in [-0.25, -0.2) is 4.79 Å². The van der Waals surface area contributed by atoms with Crippen LogP contribution in [0.1, 0.15) is 31.7 Å². The van der Waals surface area contributed by atoms with Crippen molar-refractivity contribution in [2.75, 3.05) is 13.7 Å². The van der Waals surface area contributed by atoms with Crippen molar-refractivity contribution in [1.29, 1.82) is 0 Å². The van der Waals surface area contributed by atoms with Crippen LogP contribution in [0.15, 0.2) is 35.4 Å². The molecule has 0 amide bonds. The topological polar surface area (TPSA) is 35.5 Å². The van der Waals surface area contributed by atoms with Gasteiger partial charge in [0.15, 0.2) is 0 Å². The van der Waals surface area contributed by atoms with Gasteiger partial charge in [0.05, 0.1) is 13.7 Å². The molecule has 0 saturated heterocycles. The molecule has 0 N–H and O–H groups in total. The Labute approximate surface area is 114 Å². The summed E-state index contributed by atoms with van der Waals surface area (Å²) in [6.07, 6.45) is 3.70. The summed E-state index contributed by atoms with van der Waals surface area (Å²) in [5, 5.41) is 0. The number of rotatable bonds is 5. The lowest BCUT2D eigenvalue weighted by Crippen LogP contribution is -2.08. The normalized spacial score (nSPS) is 14.6. The van der Waals surface area contributed by atoms with E-state index in [1.54, 1.807) is 7.11 Å². The molecule has 0 atom stereocenters. The average molecular weight is 260 g/mol. The average Bonchev–Trinajstić information content (AvgIpc) is 2.87. The maximum atomic E-state index is 11.9. The Balaban J connectivity index is 2.15. The fourth-order valence-electron chi connectivity index (χ4n) is 2.49. The first-order chi connectivity index (χ1) is 9.24. The summed E-state index contributed by atoms with van der Waals surface area (Å²) < 4.78 is 10.3. The second-order valence-corrected chi connectivity index (χ2v) is 4.68. The van der Waals surface area contributed by atoms with Crippen LogP contribution >= 0.6 is 0 Å². The third-order valence-corrected chi connectivity index (χ3v) is 3.41. The molecule has 0 saturated carbocycles. The molecule has 3 nitrogen and oxygen atoms in total. The number of hydrogen-bond acceptors (Lipinski definition) is 3. The SMILES string of the molecule is CCOC(=O)C1=C(Cc2cccc(OC)c2)CCC1. The van der Waals surface area contributed by atoms with E-state index in [2.05, 4.69) is 6.07 Å². The first-order valence-corrected chi connectivity index (χ1v) is 6.75. The van der Waals surface area contributed by atoms with Gasteiger partial charge in [-0.3, -0.25) is 0 Å². The number of allylic oxidation sites excluding steroid dienone is 1. The van der Waals surface area contributed by atoms with E-state index in [-0.39, 0.29) is 5.97 Å². The number of carbonyl (C=O) groups is 1. The number of ether oxygens (including phenoxy) is 2. The lowest BCUT2D eigenvalue weighted by atomic mass is 10.0. The Morgan fingerprint density at radius 3 is 2.89 bits per heavy atom. The Hall–Kier alpha value is -1.77. The third kappa shape index (κ3) is 3.37. The minimum atomic E-state index is -0.141. The van der Waals surface area contributed by atoms with E-state index in [0.29, 0.717) is 6.61 Å². The van der Waals surface area contributed by atoms with Gasteiger partial charge in [0.2, 0.25) is 0 Å². The Kier molecular flexibility index (Phi) is 4.61. The maximum absolute atomic E-state index is 11.9. The second kappa shape index (κ2) is 6.41. The molecule has 0 aliphatic heterocycles. The number of carbonyl (C=O) groups excluding carboxylic acids is 1. The largest absolute Gasteiger partial charge is 0.497 e. The van der Waals surface area contributed by atoms with Crippen molar-refractivity contribution in [1.82, 2.24) is 0 Å². The first kappa shape index (κ1) is 13.7.